The predicted octanol–water partition coefficient (Wildman–Crippen LogP) is 4.13. The molecule has 3 heteroatoms. The number of rotatable bonds is 4. The van der Waals surface area contributed by atoms with E-state index in [0.29, 0.717) is 6.54 Å². The SMILES string of the molecule is Cc1ccc(Sc2c[nH]c3ccccc23)c(CCN)c1. The summed E-state index contributed by atoms with van der Waals surface area (Å²) in [6.07, 6.45) is 3.01. The number of nitrogens with one attached hydrogen (secondary N) is 1. The molecular formula is C17H18N2S. The van der Waals surface area contributed by atoms with Crippen molar-refractivity contribution in [3.63, 3.8) is 0 Å². The van der Waals surface area contributed by atoms with Crippen LogP contribution in [-0.2, 0) is 6.42 Å². The monoisotopic (exact) mass is 282 g/mol. The Morgan fingerprint density at radius 3 is 2.80 bits per heavy atom. The molecule has 1 aromatic heterocycles. The minimum Gasteiger partial charge on any atom is -0.360 e. The highest BCUT2D eigenvalue weighted by molar-refractivity contribution is 7.99. The summed E-state index contributed by atoms with van der Waals surface area (Å²) in [5.74, 6) is 0. The Labute approximate surface area is 123 Å². The number of H-pyrrole nitrogens is 1. The molecule has 0 bridgehead atoms. The van der Waals surface area contributed by atoms with Crippen LogP contribution in [0.15, 0.2) is 58.5 Å². The molecule has 0 radical (unpaired) electrons. The zero-order chi connectivity index (χ0) is 13.9. The fourth-order valence-electron chi connectivity index (χ4n) is 2.41. The van der Waals surface area contributed by atoms with Crippen LogP contribution in [0.25, 0.3) is 10.9 Å². The molecule has 3 rings (SSSR count). The van der Waals surface area contributed by atoms with Gasteiger partial charge < -0.3 is 10.7 Å². The van der Waals surface area contributed by atoms with E-state index in [1.165, 1.54) is 31.8 Å². The molecule has 0 atom stereocenters. The summed E-state index contributed by atoms with van der Waals surface area (Å²) in [5.41, 5.74) is 9.54. The first-order valence-corrected chi connectivity index (χ1v) is 7.63. The van der Waals surface area contributed by atoms with Gasteiger partial charge in [-0.2, -0.15) is 0 Å². The maximum absolute atomic E-state index is 5.73. The molecular weight excluding hydrogens is 264 g/mol. The van der Waals surface area contributed by atoms with E-state index < -0.39 is 0 Å². The summed E-state index contributed by atoms with van der Waals surface area (Å²) in [4.78, 5) is 5.89. The summed E-state index contributed by atoms with van der Waals surface area (Å²) in [6.45, 7) is 2.81. The highest BCUT2D eigenvalue weighted by Gasteiger charge is 2.08. The molecule has 2 aromatic carbocycles. The van der Waals surface area contributed by atoms with Crippen LogP contribution in [0.5, 0.6) is 0 Å². The number of nitrogens with two attached hydrogens (primary N) is 1. The number of aryl methyl sites for hydroxylation is 1. The lowest BCUT2D eigenvalue weighted by molar-refractivity contribution is 0.942. The van der Waals surface area contributed by atoms with Crippen molar-refractivity contribution >= 4 is 22.7 Å². The molecule has 102 valence electrons. The number of hydrogen-bond acceptors (Lipinski definition) is 2. The second-order valence-corrected chi connectivity index (χ2v) is 6.03. The van der Waals surface area contributed by atoms with E-state index >= 15 is 0 Å². The molecule has 20 heavy (non-hydrogen) atoms. The third-order valence-corrected chi connectivity index (χ3v) is 4.58. The molecule has 3 aromatic rings. The molecule has 2 nitrogen and oxygen atoms in total. The molecule has 1 heterocycles. The standard InChI is InChI=1S/C17H18N2S/c1-12-6-7-16(13(10-12)8-9-18)20-17-11-19-15-5-3-2-4-14(15)17/h2-7,10-11,19H,8-9,18H2,1H3. The van der Waals surface area contributed by atoms with Crippen molar-refractivity contribution in [2.24, 2.45) is 5.73 Å². The largest absolute Gasteiger partial charge is 0.360 e. The van der Waals surface area contributed by atoms with Crippen LogP contribution in [0.3, 0.4) is 0 Å². The van der Waals surface area contributed by atoms with Crippen LogP contribution in [0.1, 0.15) is 11.1 Å². The smallest absolute Gasteiger partial charge is 0.0465 e. The van der Waals surface area contributed by atoms with Gasteiger partial charge in [0.2, 0.25) is 0 Å². The van der Waals surface area contributed by atoms with Crippen molar-refractivity contribution in [2.45, 2.75) is 23.1 Å². The fraction of sp³-hybridized carbons (Fsp3) is 0.176. The Morgan fingerprint density at radius 1 is 1.10 bits per heavy atom. The minimum absolute atomic E-state index is 0.685. The summed E-state index contributed by atoms with van der Waals surface area (Å²) >= 11 is 1.81. The van der Waals surface area contributed by atoms with Gasteiger partial charge in [0.25, 0.3) is 0 Å². The van der Waals surface area contributed by atoms with Crippen molar-refractivity contribution in [1.82, 2.24) is 4.98 Å². The average molecular weight is 282 g/mol. The van der Waals surface area contributed by atoms with Gasteiger partial charge in [-0.05, 0) is 37.6 Å². The Bertz CT molecular complexity index is 731. The van der Waals surface area contributed by atoms with E-state index in [4.69, 9.17) is 5.73 Å². The zero-order valence-electron chi connectivity index (χ0n) is 11.5. The van der Waals surface area contributed by atoms with Gasteiger partial charge in [0.15, 0.2) is 0 Å². The molecule has 0 unspecified atom stereocenters. The van der Waals surface area contributed by atoms with Gasteiger partial charge in [-0.15, -0.1) is 0 Å². The van der Waals surface area contributed by atoms with Crippen molar-refractivity contribution in [1.29, 1.82) is 0 Å². The van der Waals surface area contributed by atoms with Gasteiger partial charge in [0.05, 0.1) is 0 Å². The lowest BCUT2D eigenvalue weighted by atomic mass is 10.1. The quantitative estimate of drug-likeness (QED) is 0.755. The van der Waals surface area contributed by atoms with Crippen LogP contribution in [0.2, 0.25) is 0 Å². The normalized spacial score (nSPS) is 11.1. The van der Waals surface area contributed by atoms with Crippen LogP contribution in [0, 0.1) is 6.92 Å². The Balaban J connectivity index is 1.98. The van der Waals surface area contributed by atoms with Crippen molar-refractivity contribution in [3.8, 4) is 0 Å². The molecule has 0 saturated carbocycles. The first-order valence-electron chi connectivity index (χ1n) is 6.81. The highest BCUT2D eigenvalue weighted by Crippen LogP contribution is 2.35. The van der Waals surface area contributed by atoms with Gasteiger partial charge in [-0.25, -0.2) is 0 Å². The molecule has 3 N–H and O–H groups in total. The molecule has 0 aliphatic heterocycles. The second kappa shape index (κ2) is 5.73. The Morgan fingerprint density at radius 2 is 1.95 bits per heavy atom. The van der Waals surface area contributed by atoms with E-state index in [1.807, 2.05) is 11.8 Å². The van der Waals surface area contributed by atoms with Gasteiger partial charge in [-0.1, -0.05) is 47.7 Å². The molecule has 0 fully saturated rings. The Hall–Kier alpha value is -1.71. The zero-order valence-corrected chi connectivity index (χ0v) is 12.3. The lowest BCUT2D eigenvalue weighted by Gasteiger charge is -2.09. The topological polar surface area (TPSA) is 41.8 Å². The van der Waals surface area contributed by atoms with Crippen molar-refractivity contribution in [3.05, 3.63) is 59.8 Å². The van der Waals surface area contributed by atoms with Gasteiger partial charge in [0.1, 0.15) is 0 Å². The van der Waals surface area contributed by atoms with Gasteiger partial charge in [-0.3, -0.25) is 0 Å². The van der Waals surface area contributed by atoms with E-state index in [2.05, 4.69) is 60.6 Å². The van der Waals surface area contributed by atoms with E-state index in [9.17, 15) is 0 Å². The minimum atomic E-state index is 0.685. The summed E-state index contributed by atoms with van der Waals surface area (Å²) in [6, 6.07) is 15.0. The summed E-state index contributed by atoms with van der Waals surface area (Å²) in [5, 5.41) is 1.27. The van der Waals surface area contributed by atoms with Crippen LogP contribution >= 0.6 is 11.8 Å². The average Bonchev–Trinajstić information content (AvgIpc) is 2.86. The summed E-state index contributed by atoms with van der Waals surface area (Å²) < 4.78 is 0. The molecule has 0 aliphatic carbocycles. The summed E-state index contributed by atoms with van der Waals surface area (Å²) in [7, 11) is 0. The number of benzene rings is 2. The third-order valence-electron chi connectivity index (χ3n) is 3.40. The van der Waals surface area contributed by atoms with Crippen LogP contribution in [0.4, 0.5) is 0 Å². The van der Waals surface area contributed by atoms with Crippen LogP contribution in [-0.4, -0.2) is 11.5 Å². The van der Waals surface area contributed by atoms with Crippen molar-refractivity contribution in [2.75, 3.05) is 6.54 Å². The highest BCUT2D eigenvalue weighted by atomic mass is 32.2. The maximum atomic E-state index is 5.73. The van der Waals surface area contributed by atoms with E-state index in [-0.39, 0.29) is 0 Å². The van der Waals surface area contributed by atoms with Crippen LogP contribution < -0.4 is 5.73 Å². The third kappa shape index (κ3) is 2.60. The molecule has 0 saturated heterocycles. The number of hydrogen-bond donors (Lipinski definition) is 2. The van der Waals surface area contributed by atoms with Gasteiger partial charge in [0, 0.05) is 26.9 Å². The van der Waals surface area contributed by atoms with E-state index in [1.54, 1.807) is 0 Å². The van der Waals surface area contributed by atoms with E-state index in [0.717, 1.165) is 6.42 Å². The number of fused-ring (bicyclic) bond motifs is 1. The predicted molar refractivity (Wildman–Crippen MR) is 86.4 cm³/mol. The molecule has 0 spiro atoms. The number of aromatic amines is 1. The second-order valence-electron chi connectivity index (χ2n) is 4.95. The first kappa shape index (κ1) is 13.3. The van der Waals surface area contributed by atoms with Crippen molar-refractivity contribution < 1.29 is 0 Å². The lowest BCUT2D eigenvalue weighted by Crippen LogP contribution is -2.03. The fourth-order valence-corrected chi connectivity index (χ4v) is 3.48. The maximum Gasteiger partial charge on any atom is 0.0465 e. The van der Waals surface area contributed by atoms with Gasteiger partial charge >= 0.3 is 0 Å². The first-order chi connectivity index (χ1) is 9.78. The number of aromatic nitrogens is 1. The Kier molecular flexibility index (Phi) is 3.81. The number of para-hydroxylation sites is 1. The molecule has 0 aliphatic rings. The molecule has 0 amide bonds.